The van der Waals surface area contributed by atoms with Crippen LogP contribution in [-0.4, -0.2) is 9.55 Å². The molecule has 0 aliphatic carbocycles. The minimum absolute atomic E-state index is 1.02. The lowest BCUT2D eigenvalue weighted by Crippen LogP contribution is -1.98. The second kappa shape index (κ2) is 6.39. The van der Waals surface area contributed by atoms with Crippen LogP contribution in [0.5, 0.6) is 0 Å². The van der Waals surface area contributed by atoms with E-state index >= 15 is 0 Å². The summed E-state index contributed by atoms with van der Waals surface area (Å²) >= 11 is 0. The number of nitrogens with zero attached hydrogens (tertiary/aromatic N) is 2. The molecule has 1 aromatic carbocycles. The summed E-state index contributed by atoms with van der Waals surface area (Å²) in [5.74, 6) is 1.22. The molecule has 1 aromatic heterocycles. The quantitative estimate of drug-likeness (QED) is 0.756. The van der Waals surface area contributed by atoms with Crippen molar-refractivity contribution in [3.63, 3.8) is 0 Å². The van der Waals surface area contributed by atoms with E-state index in [2.05, 4.69) is 54.9 Å². The van der Waals surface area contributed by atoms with Crippen molar-refractivity contribution >= 4 is 0 Å². The van der Waals surface area contributed by atoms with Crippen molar-refractivity contribution in [3.8, 4) is 0 Å². The predicted molar refractivity (Wildman–Crippen MR) is 75.7 cm³/mol. The van der Waals surface area contributed by atoms with E-state index in [1.807, 2.05) is 0 Å². The van der Waals surface area contributed by atoms with E-state index in [4.69, 9.17) is 4.98 Å². The van der Waals surface area contributed by atoms with E-state index in [1.54, 1.807) is 0 Å². The van der Waals surface area contributed by atoms with Gasteiger partial charge in [0.05, 0.1) is 5.69 Å². The van der Waals surface area contributed by atoms with E-state index in [0.717, 1.165) is 25.8 Å². The average Bonchev–Trinajstić information content (AvgIpc) is 2.82. The van der Waals surface area contributed by atoms with Crippen molar-refractivity contribution < 1.29 is 0 Å². The van der Waals surface area contributed by atoms with Crippen LogP contribution in [0.3, 0.4) is 0 Å². The molecule has 0 atom stereocenters. The maximum Gasteiger partial charge on any atom is 0.108 e. The highest BCUT2D eigenvalue weighted by Gasteiger charge is 2.04. The van der Waals surface area contributed by atoms with Gasteiger partial charge < -0.3 is 4.57 Å². The van der Waals surface area contributed by atoms with Crippen LogP contribution >= 0.6 is 0 Å². The summed E-state index contributed by atoms with van der Waals surface area (Å²) in [5, 5.41) is 0. The lowest BCUT2D eigenvalue weighted by Gasteiger charge is -1.99. The summed E-state index contributed by atoms with van der Waals surface area (Å²) in [6.07, 6.45) is 6.63. The molecule has 0 unspecified atom stereocenters. The minimum Gasteiger partial charge on any atom is -0.335 e. The minimum atomic E-state index is 1.02. The summed E-state index contributed by atoms with van der Waals surface area (Å²) in [4.78, 5) is 4.69. The van der Waals surface area contributed by atoms with E-state index < -0.39 is 0 Å². The Balaban J connectivity index is 1.88. The molecule has 0 radical (unpaired) electrons. The van der Waals surface area contributed by atoms with Gasteiger partial charge in [-0.25, -0.2) is 4.98 Å². The number of imidazole rings is 1. The second-order valence-corrected chi connectivity index (χ2v) is 4.63. The molecule has 0 aliphatic heterocycles. The van der Waals surface area contributed by atoms with Gasteiger partial charge in [-0.05, 0) is 31.7 Å². The lowest BCUT2D eigenvalue weighted by atomic mass is 10.1. The molecule has 2 heteroatoms. The Labute approximate surface area is 110 Å². The fourth-order valence-corrected chi connectivity index (χ4v) is 2.31. The maximum atomic E-state index is 4.69. The third-order valence-corrected chi connectivity index (χ3v) is 3.31. The fourth-order valence-electron chi connectivity index (χ4n) is 2.31. The molecule has 0 aliphatic rings. The number of benzene rings is 1. The first-order chi connectivity index (χ1) is 8.83. The van der Waals surface area contributed by atoms with E-state index in [0.29, 0.717) is 0 Å². The molecule has 0 spiro atoms. The molecular formula is C16H22N2. The summed E-state index contributed by atoms with van der Waals surface area (Å²) in [6.45, 7) is 5.37. The Morgan fingerprint density at radius 1 is 1.06 bits per heavy atom. The average molecular weight is 242 g/mol. The van der Waals surface area contributed by atoms with Crippen molar-refractivity contribution in [2.45, 2.75) is 46.1 Å². The normalized spacial score (nSPS) is 10.8. The Morgan fingerprint density at radius 3 is 2.44 bits per heavy atom. The van der Waals surface area contributed by atoms with Gasteiger partial charge in [-0.15, -0.1) is 0 Å². The molecule has 1 heterocycles. The molecule has 0 saturated carbocycles. The van der Waals surface area contributed by atoms with Crippen LogP contribution in [0, 0.1) is 0 Å². The molecule has 0 bridgehead atoms. The number of hydrogen-bond acceptors (Lipinski definition) is 1. The summed E-state index contributed by atoms with van der Waals surface area (Å²) in [7, 11) is 0. The lowest BCUT2D eigenvalue weighted by molar-refractivity contribution is 0.705. The maximum absolute atomic E-state index is 4.69. The van der Waals surface area contributed by atoms with Crippen molar-refractivity contribution in [3.05, 3.63) is 53.6 Å². The van der Waals surface area contributed by atoms with Gasteiger partial charge in [-0.2, -0.15) is 0 Å². The van der Waals surface area contributed by atoms with Gasteiger partial charge in [-0.1, -0.05) is 37.3 Å². The van der Waals surface area contributed by atoms with Gasteiger partial charge in [0.15, 0.2) is 0 Å². The molecule has 96 valence electrons. The zero-order valence-corrected chi connectivity index (χ0v) is 11.4. The van der Waals surface area contributed by atoms with Gasteiger partial charge in [-0.3, -0.25) is 0 Å². The molecule has 2 rings (SSSR count). The molecule has 2 nitrogen and oxygen atoms in total. The van der Waals surface area contributed by atoms with Crippen molar-refractivity contribution in [1.29, 1.82) is 0 Å². The van der Waals surface area contributed by atoms with Crippen molar-refractivity contribution in [2.24, 2.45) is 0 Å². The van der Waals surface area contributed by atoms with Gasteiger partial charge >= 0.3 is 0 Å². The highest BCUT2D eigenvalue weighted by molar-refractivity contribution is 5.15. The SMILES string of the molecule is CCc1nc(CCCc2ccccc2)cn1CC. The highest BCUT2D eigenvalue weighted by atomic mass is 15.1. The summed E-state index contributed by atoms with van der Waals surface area (Å²) in [6, 6.07) is 10.7. The summed E-state index contributed by atoms with van der Waals surface area (Å²) < 4.78 is 2.26. The van der Waals surface area contributed by atoms with Crippen LogP contribution in [0.4, 0.5) is 0 Å². The topological polar surface area (TPSA) is 17.8 Å². The van der Waals surface area contributed by atoms with Crippen LogP contribution in [0.15, 0.2) is 36.5 Å². The van der Waals surface area contributed by atoms with Crippen LogP contribution in [-0.2, 0) is 25.8 Å². The zero-order valence-electron chi connectivity index (χ0n) is 11.4. The van der Waals surface area contributed by atoms with Crippen LogP contribution in [0.2, 0.25) is 0 Å². The molecule has 2 aromatic rings. The van der Waals surface area contributed by atoms with E-state index in [9.17, 15) is 0 Å². The first-order valence-corrected chi connectivity index (χ1v) is 6.92. The summed E-state index contributed by atoms with van der Waals surface area (Å²) in [5.41, 5.74) is 2.66. The van der Waals surface area contributed by atoms with Crippen LogP contribution in [0.1, 0.15) is 37.4 Å². The molecule has 0 fully saturated rings. The molecule has 0 N–H and O–H groups in total. The number of rotatable bonds is 6. The number of hydrogen-bond donors (Lipinski definition) is 0. The van der Waals surface area contributed by atoms with Crippen LogP contribution < -0.4 is 0 Å². The third kappa shape index (κ3) is 3.22. The highest BCUT2D eigenvalue weighted by Crippen LogP contribution is 2.09. The molecular weight excluding hydrogens is 220 g/mol. The second-order valence-electron chi connectivity index (χ2n) is 4.63. The first-order valence-electron chi connectivity index (χ1n) is 6.92. The Bertz CT molecular complexity index is 450. The third-order valence-electron chi connectivity index (χ3n) is 3.31. The molecule has 18 heavy (non-hydrogen) atoms. The smallest absolute Gasteiger partial charge is 0.108 e. The van der Waals surface area contributed by atoms with Gasteiger partial charge in [0, 0.05) is 19.2 Å². The largest absolute Gasteiger partial charge is 0.335 e. The standard InChI is InChI=1S/C16H22N2/c1-3-16-17-15(13-18(16)4-2)12-8-11-14-9-6-5-7-10-14/h5-7,9-10,13H,3-4,8,11-12H2,1-2H3. The van der Waals surface area contributed by atoms with Gasteiger partial charge in [0.1, 0.15) is 5.82 Å². The van der Waals surface area contributed by atoms with E-state index in [1.165, 1.54) is 23.5 Å². The first kappa shape index (κ1) is 12.9. The molecule has 0 saturated heterocycles. The van der Waals surface area contributed by atoms with Crippen LogP contribution in [0.25, 0.3) is 0 Å². The Hall–Kier alpha value is -1.57. The van der Waals surface area contributed by atoms with Crippen molar-refractivity contribution in [2.75, 3.05) is 0 Å². The van der Waals surface area contributed by atoms with Crippen molar-refractivity contribution in [1.82, 2.24) is 9.55 Å². The van der Waals surface area contributed by atoms with Gasteiger partial charge in [0.2, 0.25) is 0 Å². The predicted octanol–water partition coefficient (Wildman–Crippen LogP) is 3.64. The van der Waals surface area contributed by atoms with E-state index in [-0.39, 0.29) is 0 Å². The van der Waals surface area contributed by atoms with Gasteiger partial charge in [0.25, 0.3) is 0 Å². The number of aromatic nitrogens is 2. The monoisotopic (exact) mass is 242 g/mol. The Kier molecular flexibility index (Phi) is 4.57. The zero-order chi connectivity index (χ0) is 12.8. The fraction of sp³-hybridized carbons (Fsp3) is 0.438. The molecule has 0 amide bonds. The number of aryl methyl sites for hydroxylation is 4. The Morgan fingerprint density at radius 2 is 1.83 bits per heavy atom.